The largest absolute Gasteiger partial charge is 0.398 e. The predicted octanol–water partition coefficient (Wildman–Crippen LogP) is 2.51. The van der Waals surface area contributed by atoms with Crippen LogP contribution >= 0.6 is 0 Å². The van der Waals surface area contributed by atoms with E-state index in [2.05, 4.69) is 5.32 Å². The Morgan fingerprint density at radius 3 is 2.79 bits per heavy atom. The number of carbonyl (C=O) groups is 1. The highest BCUT2D eigenvalue weighted by molar-refractivity contribution is 5.99. The molecule has 19 heavy (non-hydrogen) atoms. The van der Waals surface area contributed by atoms with Crippen molar-refractivity contribution in [2.45, 2.75) is 39.7 Å². The van der Waals surface area contributed by atoms with Crippen molar-refractivity contribution in [2.75, 3.05) is 18.9 Å². The Morgan fingerprint density at radius 2 is 2.11 bits per heavy atom. The maximum absolute atomic E-state index is 11.9. The van der Waals surface area contributed by atoms with E-state index in [4.69, 9.17) is 10.5 Å². The van der Waals surface area contributed by atoms with Gasteiger partial charge in [0.1, 0.15) is 0 Å². The van der Waals surface area contributed by atoms with Gasteiger partial charge in [-0.2, -0.15) is 0 Å². The number of nitrogen functional groups attached to an aromatic ring is 1. The van der Waals surface area contributed by atoms with Gasteiger partial charge in [0.25, 0.3) is 5.91 Å². The van der Waals surface area contributed by atoms with Gasteiger partial charge < -0.3 is 15.8 Å². The maximum Gasteiger partial charge on any atom is 0.253 e. The summed E-state index contributed by atoms with van der Waals surface area (Å²) < 4.78 is 5.44. The van der Waals surface area contributed by atoms with Crippen molar-refractivity contribution in [1.82, 2.24) is 5.32 Å². The van der Waals surface area contributed by atoms with Gasteiger partial charge in [0.15, 0.2) is 0 Å². The molecule has 0 fully saturated rings. The van der Waals surface area contributed by atoms with Gasteiger partial charge in [-0.1, -0.05) is 12.1 Å². The molecule has 0 aliphatic carbocycles. The van der Waals surface area contributed by atoms with E-state index in [1.54, 1.807) is 6.07 Å². The van der Waals surface area contributed by atoms with E-state index in [0.717, 1.165) is 25.0 Å². The summed E-state index contributed by atoms with van der Waals surface area (Å²) in [4.78, 5) is 11.9. The van der Waals surface area contributed by atoms with Crippen LogP contribution in [0.2, 0.25) is 0 Å². The standard InChI is InChI=1S/C15H24N2O2/c1-11(2)19-10-5-4-9-17-15(18)13-8-6-7-12(3)14(13)16/h6-8,11H,4-5,9-10,16H2,1-3H3,(H,17,18). The Bertz CT molecular complexity index is 417. The van der Waals surface area contributed by atoms with Crippen molar-refractivity contribution in [3.8, 4) is 0 Å². The van der Waals surface area contributed by atoms with Gasteiger partial charge in [0.05, 0.1) is 11.7 Å². The van der Waals surface area contributed by atoms with Gasteiger partial charge in [-0.05, 0) is 45.2 Å². The van der Waals surface area contributed by atoms with Crippen LogP contribution in [0.15, 0.2) is 18.2 Å². The summed E-state index contributed by atoms with van der Waals surface area (Å²) in [6.07, 6.45) is 2.12. The van der Waals surface area contributed by atoms with Crippen LogP contribution in [0.25, 0.3) is 0 Å². The van der Waals surface area contributed by atoms with Gasteiger partial charge in [-0.25, -0.2) is 0 Å². The molecule has 4 heteroatoms. The fourth-order valence-corrected chi connectivity index (χ4v) is 1.72. The Morgan fingerprint density at radius 1 is 1.37 bits per heavy atom. The number of nitrogens with one attached hydrogen (secondary N) is 1. The van der Waals surface area contributed by atoms with E-state index in [1.165, 1.54) is 0 Å². The van der Waals surface area contributed by atoms with Gasteiger partial charge in [0.2, 0.25) is 0 Å². The minimum absolute atomic E-state index is 0.106. The minimum Gasteiger partial charge on any atom is -0.398 e. The summed E-state index contributed by atoms with van der Waals surface area (Å²) >= 11 is 0. The molecule has 1 amide bonds. The number of nitrogens with two attached hydrogens (primary N) is 1. The smallest absolute Gasteiger partial charge is 0.253 e. The van der Waals surface area contributed by atoms with Crippen LogP contribution in [0.1, 0.15) is 42.6 Å². The average Bonchev–Trinajstić information content (AvgIpc) is 2.36. The van der Waals surface area contributed by atoms with Gasteiger partial charge in [-0.3, -0.25) is 4.79 Å². The SMILES string of the molecule is Cc1cccc(C(=O)NCCCCOC(C)C)c1N. The molecule has 0 aliphatic heterocycles. The van der Waals surface area contributed by atoms with Crippen molar-refractivity contribution in [3.63, 3.8) is 0 Å². The second kappa shape index (κ2) is 7.79. The topological polar surface area (TPSA) is 64.3 Å². The summed E-state index contributed by atoms with van der Waals surface area (Å²) in [5.74, 6) is -0.106. The van der Waals surface area contributed by atoms with Crippen LogP contribution in [-0.2, 0) is 4.74 Å². The number of aryl methyl sites for hydroxylation is 1. The Hall–Kier alpha value is -1.55. The average molecular weight is 264 g/mol. The highest BCUT2D eigenvalue weighted by Crippen LogP contribution is 2.15. The summed E-state index contributed by atoms with van der Waals surface area (Å²) in [5.41, 5.74) is 7.93. The summed E-state index contributed by atoms with van der Waals surface area (Å²) in [6.45, 7) is 7.31. The number of amides is 1. The summed E-state index contributed by atoms with van der Waals surface area (Å²) in [7, 11) is 0. The van der Waals surface area contributed by atoms with Crippen LogP contribution in [0.4, 0.5) is 5.69 Å². The van der Waals surface area contributed by atoms with Gasteiger partial charge >= 0.3 is 0 Å². The lowest BCUT2D eigenvalue weighted by Crippen LogP contribution is -2.25. The summed E-state index contributed by atoms with van der Waals surface area (Å²) in [5, 5.41) is 2.88. The molecule has 1 rings (SSSR count). The molecule has 0 bridgehead atoms. The lowest BCUT2D eigenvalue weighted by molar-refractivity contribution is 0.0754. The molecule has 0 aromatic heterocycles. The molecule has 0 saturated carbocycles. The molecule has 1 aromatic carbocycles. The van der Waals surface area contributed by atoms with Crippen molar-refractivity contribution in [1.29, 1.82) is 0 Å². The zero-order chi connectivity index (χ0) is 14.3. The number of benzene rings is 1. The first kappa shape index (κ1) is 15.5. The molecule has 0 saturated heterocycles. The van der Waals surface area contributed by atoms with E-state index in [0.29, 0.717) is 17.8 Å². The van der Waals surface area contributed by atoms with Gasteiger partial charge in [-0.15, -0.1) is 0 Å². The number of ether oxygens (including phenoxy) is 1. The first-order valence-corrected chi connectivity index (χ1v) is 6.77. The first-order valence-electron chi connectivity index (χ1n) is 6.77. The molecule has 0 radical (unpaired) electrons. The monoisotopic (exact) mass is 264 g/mol. The van der Waals surface area contributed by atoms with E-state index in [1.807, 2.05) is 32.9 Å². The number of anilines is 1. The first-order chi connectivity index (χ1) is 9.02. The predicted molar refractivity (Wildman–Crippen MR) is 78.2 cm³/mol. The van der Waals surface area contributed by atoms with Crippen LogP contribution < -0.4 is 11.1 Å². The number of hydrogen-bond acceptors (Lipinski definition) is 3. The molecule has 0 atom stereocenters. The fourth-order valence-electron chi connectivity index (χ4n) is 1.72. The van der Waals surface area contributed by atoms with E-state index < -0.39 is 0 Å². The molecule has 4 nitrogen and oxygen atoms in total. The van der Waals surface area contributed by atoms with E-state index in [9.17, 15) is 4.79 Å². The normalized spacial score (nSPS) is 10.7. The molecule has 0 unspecified atom stereocenters. The van der Waals surface area contributed by atoms with E-state index >= 15 is 0 Å². The number of rotatable bonds is 7. The van der Waals surface area contributed by atoms with Crippen molar-refractivity contribution in [2.24, 2.45) is 0 Å². The number of carbonyl (C=O) groups excluding carboxylic acids is 1. The van der Waals surface area contributed by atoms with Crippen molar-refractivity contribution in [3.05, 3.63) is 29.3 Å². The van der Waals surface area contributed by atoms with Crippen LogP contribution in [0.3, 0.4) is 0 Å². The van der Waals surface area contributed by atoms with Crippen LogP contribution in [0.5, 0.6) is 0 Å². The number of hydrogen-bond donors (Lipinski definition) is 2. The van der Waals surface area contributed by atoms with Gasteiger partial charge in [0, 0.05) is 18.8 Å². The van der Waals surface area contributed by atoms with Crippen LogP contribution in [-0.4, -0.2) is 25.2 Å². The second-order valence-corrected chi connectivity index (χ2v) is 4.92. The minimum atomic E-state index is -0.106. The Labute approximate surface area is 115 Å². The zero-order valence-corrected chi connectivity index (χ0v) is 12.0. The fraction of sp³-hybridized carbons (Fsp3) is 0.533. The Kier molecular flexibility index (Phi) is 6.36. The molecular weight excluding hydrogens is 240 g/mol. The number of para-hydroxylation sites is 1. The van der Waals surface area contributed by atoms with E-state index in [-0.39, 0.29) is 12.0 Å². The molecule has 0 heterocycles. The van der Waals surface area contributed by atoms with Crippen LogP contribution in [0, 0.1) is 6.92 Å². The maximum atomic E-state index is 11.9. The summed E-state index contributed by atoms with van der Waals surface area (Å²) in [6, 6.07) is 5.49. The molecule has 0 aliphatic rings. The highest BCUT2D eigenvalue weighted by Gasteiger charge is 2.09. The Balaban J connectivity index is 2.30. The zero-order valence-electron chi connectivity index (χ0n) is 12.0. The van der Waals surface area contributed by atoms with Crippen molar-refractivity contribution >= 4 is 11.6 Å². The van der Waals surface area contributed by atoms with Crippen molar-refractivity contribution < 1.29 is 9.53 Å². The lowest BCUT2D eigenvalue weighted by atomic mass is 10.1. The number of unbranched alkanes of at least 4 members (excludes halogenated alkanes) is 1. The third-order valence-electron chi connectivity index (χ3n) is 2.88. The molecule has 1 aromatic rings. The molecule has 0 spiro atoms. The molecule has 3 N–H and O–H groups in total. The second-order valence-electron chi connectivity index (χ2n) is 4.92. The molecular formula is C15H24N2O2. The highest BCUT2D eigenvalue weighted by atomic mass is 16.5. The quantitative estimate of drug-likeness (QED) is 0.587. The third-order valence-corrected chi connectivity index (χ3v) is 2.88. The molecule has 106 valence electrons. The third kappa shape index (κ3) is 5.30. The lowest BCUT2D eigenvalue weighted by Gasteiger charge is -2.10.